The zero-order chi connectivity index (χ0) is 20.3. The SMILES string of the molecule is S=C(NC[C@H]1C[C@@H]2CCN1C[C@@H]2CN1CCCC1)Nc1ccc(-n2cccn2)cc1. The topological polar surface area (TPSA) is 48.4 Å². The highest BCUT2D eigenvalue weighted by atomic mass is 32.1. The normalized spacial score (nSPS) is 28.5. The molecule has 4 fully saturated rings. The van der Waals surface area contributed by atoms with Crippen molar-refractivity contribution in [1.29, 1.82) is 0 Å². The Morgan fingerprint density at radius 2 is 1.97 bits per heavy atom. The summed E-state index contributed by atoms with van der Waals surface area (Å²) in [5.74, 6) is 1.75. The van der Waals surface area contributed by atoms with E-state index < -0.39 is 0 Å². The Morgan fingerprint density at radius 3 is 2.67 bits per heavy atom. The van der Waals surface area contributed by atoms with Crippen molar-refractivity contribution >= 4 is 23.0 Å². The van der Waals surface area contributed by atoms with Gasteiger partial charge in [-0.05, 0) is 99.7 Å². The van der Waals surface area contributed by atoms with E-state index in [9.17, 15) is 0 Å². The van der Waals surface area contributed by atoms with E-state index in [2.05, 4.69) is 25.5 Å². The van der Waals surface area contributed by atoms with E-state index in [0.29, 0.717) is 11.2 Å². The molecule has 1 aromatic heterocycles. The Morgan fingerprint density at radius 1 is 1.13 bits per heavy atom. The van der Waals surface area contributed by atoms with Crippen molar-refractivity contribution in [3.63, 3.8) is 0 Å². The summed E-state index contributed by atoms with van der Waals surface area (Å²) in [6.07, 6.45) is 9.20. The molecule has 4 aliphatic rings. The van der Waals surface area contributed by atoms with Crippen LogP contribution in [0, 0.1) is 11.8 Å². The van der Waals surface area contributed by atoms with Crippen LogP contribution >= 0.6 is 12.2 Å². The minimum Gasteiger partial charge on any atom is -0.361 e. The number of fused-ring (bicyclic) bond motifs is 3. The summed E-state index contributed by atoms with van der Waals surface area (Å²) in [5.41, 5.74) is 2.04. The van der Waals surface area contributed by atoms with E-state index in [4.69, 9.17) is 12.2 Å². The van der Waals surface area contributed by atoms with Crippen LogP contribution in [0.1, 0.15) is 25.7 Å². The maximum atomic E-state index is 5.56. The largest absolute Gasteiger partial charge is 0.361 e. The van der Waals surface area contributed by atoms with Gasteiger partial charge in [0, 0.05) is 43.8 Å². The summed E-state index contributed by atoms with van der Waals surface area (Å²) < 4.78 is 1.85. The third kappa shape index (κ3) is 4.53. The number of aromatic nitrogens is 2. The molecule has 30 heavy (non-hydrogen) atoms. The maximum Gasteiger partial charge on any atom is 0.170 e. The molecular weight excluding hydrogens is 392 g/mol. The molecule has 2 bridgehead atoms. The van der Waals surface area contributed by atoms with Crippen molar-refractivity contribution < 1.29 is 0 Å². The monoisotopic (exact) mass is 424 g/mol. The quantitative estimate of drug-likeness (QED) is 0.696. The van der Waals surface area contributed by atoms with Crippen molar-refractivity contribution in [2.75, 3.05) is 44.6 Å². The van der Waals surface area contributed by atoms with Crippen molar-refractivity contribution in [3.8, 4) is 5.69 Å². The molecule has 0 saturated carbocycles. The van der Waals surface area contributed by atoms with Gasteiger partial charge in [0.1, 0.15) is 0 Å². The third-order valence-corrected chi connectivity index (χ3v) is 7.34. The number of piperidine rings is 3. The Balaban J connectivity index is 1.09. The van der Waals surface area contributed by atoms with Crippen molar-refractivity contribution in [3.05, 3.63) is 42.7 Å². The molecule has 1 unspecified atom stereocenters. The molecule has 160 valence electrons. The van der Waals surface area contributed by atoms with Crippen LogP contribution in [0.15, 0.2) is 42.7 Å². The van der Waals surface area contributed by atoms with Gasteiger partial charge in [0.05, 0.1) is 5.69 Å². The molecule has 6 rings (SSSR count). The molecule has 6 nitrogen and oxygen atoms in total. The van der Waals surface area contributed by atoms with E-state index in [1.165, 1.54) is 58.4 Å². The molecule has 1 aromatic carbocycles. The summed E-state index contributed by atoms with van der Waals surface area (Å²) in [6.45, 7) is 7.40. The number of likely N-dealkylation sites (tertiary alicyclic amines) is 1. The van der Waals surface area contributed by atoms with E-state index in [0.717, 1.165) is 29.8 Å². The summed E-state index contributed by atoms with van der Waals surface area (Å²) in [7, 11) is 0. The zero-order valence-corrected chi connectivity index (χ0v) is 18.4. The van der Waals surface area contributed by atoms with Crippen LogP contribution in [-0.4, -0.2) is 70.0 Å². The van der Waals surface area contributed by atoms with Gasteiger partial charge in [-0.3, -0.25) is 4.90 Å². The standard InChI is InChI=1S/C23H32N6S/c30-23(26-20-4-6-21(7-5-20)29-12-3-9-25-29)24-15-22-14-18-8-13-28(22)17-19(18)16-27-10-1-2-11-27/h3-7,9,12,18-19,22H,1-2,8,10-11,13-17H2,(H2,24,26,30)/t18-,19-,22+/m0/s1. The Bertz CT molecular complexity index is 830. The Kier molecular flexibility index (Phi) is 6.02. The van der Waals surface area contributed by atoms with Gasteiger partial charge in [-0.25, -0.2) is 4.68 Å². The Hall–Kier alpha value is -1.96. The molecule has 0 radical (unpaired) electrons. The number of nitrogens with one attached hydrogen (secondary N) is 2. The molecule has 0 spiro atoms. The van der Waals surface area contributed by atoms with Gasteiger partial charge < -0.3 is 15.5 Å². The third-order valence-electron chi connectivity index (χ3n) is 7.10. The second kappa shape index (κ2) is 9.04. The number of benzene rings is 1. The first-order valence-electron chi connectivity index (χ1n) is 11.4. The van der Waals surface area contributed by atoms with Gasteiger partial charge in [-0.1, -0.05) is 0 Å². The highest BCUT2D eigenvalue weighted by Gasteiger charge is 2.40. The predicted octanol–water partition coefficient (Wildman–Crippen LogP) is 2.96. The average Bonchev–Trinajstić information content (AvgIpc) is 3.48. The molecule has 4 aliphatic heterocycles. The minimum absolute atomic E-state index is 0.612. The highest BCUT2D eigenvalue weighted by Crippen LogP contribution is 2.36. The second-order valence-electron chi connectivity index (χ2n) is 9.03. The predicted molar refractivity (Wildman–Crippen MR) is 125 cm³/mol. The Labute approximate surface area is 184 Å². The van der Waals surface area contributed by atoms with E-state index >= 15 is 0 Å². The van der Waals surface area contributed by atoms with Gasteiger partial charge in [0.15, 0.2) is 5.11 Å². The second-order valence-corrected chi connectivity index (χ2v) is 9.44. The van der Waals surface area contributed by atoms with Crippen molar-refractivity contribution in [1.82, 2.24) is 24.9 Å². The molecule has 7 heteroatoms. The highest BCUT2D eigenvalue weighted by molar-refractivity contribution is 7.80. The van der Waals surface area contributed by atoms with Crippen LogP contribution in [0.4, 0.5) is 5.69 Å². The number of hydrogen-bond acceptors (Lipinski definition) is 4. The van der Waals surface area contributed by atoms with Gasteiger partial charge in [0.2, 0.25) is 0 Å². The van der Waals surface area contributed by atoms with Crippen LogP contribution in [0.2, 0.25) is 0 Å². The van der Waals surface area contributed by atoms with E-state index in [1.54, 1.807) is 6.20 Å². The molecule has 4 saturated heterocycles. The molecule has 4 atom stereocenters. The van der Waals surface area contributed by atoms with Crippen LogP contribution < -0.4 is 10.6 Å². The lowest BCUT2D eigenvalue weighted by Gasteiger charge is -2.50. The maximum absolute atomic E-state index is 5.56. The molecule has 5 heterocycles. The summed E-state index contributed by atoms with van der Waals surface area (Å²) in [6, 6.07) is 10.7. The first-order chi connectivity index (χ1) is 14.7. The lowest BCUT2D eigenvalue weighted by atomic mass is 9.75. The minimum atomic E-state index is 0.612. The lowest BCUT2D eigenvalue weighted by molar-refractivity contribution is -0.00792. The number of hydrogen-bond donors (Lipinski definition) is 2. The van der Waals surface area contributed by atoms with Gasteiger partial charge >= 0.3 is 0 Å². The van der Waals surface area contributed by atoms with Gasteiger partial charge in [-0.2, -0.15) is 5.10 Å². The number of anilines is 1. The first kappa shape index (κ1) is 20.0. The van der Waals surface area contributed by atoms with Gasteiger partial charge in [-0.15, -0.1) is 0 Å². The van der Waals surface area contributed by atoms with Crippen molar-refractivity contribution in [2.24, 2.45) is 11.8 Å². The fraction of sp³-hybridized carbons (Fsp3) is 0.565. The molecule has 2 aromatic rings. The van der Waals surface area contributed by atoms with Crippen LogP contribution in [-0.2, 0) is 0 Å². The van der Waals surface area contributed by atoms with E-state index in [1.807, 2.05) is 41.2 Å². The van der Waals surface area contributed by atoms with Crippen LogP contribution in [0.5, 0.6) is 0 Å². The van der Waals surface area contributed by atoms with Crippen molar-refractivity contribution in [2.45, 2.75) is 31.7 Å². The van der Waals surface area contributed by atoms with Crippen LogP contribution in [0.3, 0.4) is 0 Å². The molecule has 2 N–H and O–H groups in total. The van der Waals surface area contributed by atoms with Gasteiger partial charge in [0.25, 0.3) is 0 Å². The summed E-state index contributed by atoms with van der Waals surface area (Å²) >= 11 is 5.56. The summed E-state index contributed by atoms with van der Waals surface area (Å²) in [4.78, 5) is 5.39. The van der Waals surface area contributed by atoms with E-state index in [-0.39, 0.29) is 0 Å². The summed E-state index contributed by atoms with van der Waals surface area (Å²) in [5, 5.41) is 11.8. The lowest BCUT2D eigenvalue weighted by Crippen LogP contribution is -2.58. The number of thiocarbonyl (C=S) groups is 1. The smallest absolute Gasteiger partial charge is 0.170 e. The molecule has 0 amide bonds. The number of nitrogens with zero attached hydrogens (tertiary/aromatic N) is 4. The fourth-order valence-electron chi connectivity index (χ4n) is 5.47. The van der Waals surface area contributed by atoms with Crippen LogP contribution in [0.25, 0.3) is 5.69 Å². The number of rotatable bonds is 6. The zero-order valence-electron chi connectivity index (χ0n) is 17.5. The molecule has 0 aliphatic carbocycles. The first-order valence-corrected chi connectivity index (χ1v) is 11.8. The fourth-order valence-corrected chi connectivity index (χ4v) is 5.67. The molecular formula is C23H32N6S. The average molecular weight is 425 g/mol.